The highest BCUT2D eigenvalue weighted by Gasteiger charge is 2.12. The van der Waals surface area contributed by atoms with Crippen LogP contribution in [0, 0.1) is 6.92 Å². The van der Waals surface area contributed by atoms with Crippen molar-refractivity contribution in [2.75, 3.05) is 18.4 Å². The Hall–Kier alpha value is -0.440. The standard InChI is InChI=1S/C13H18Cl2N2/c1-9-6-12(15)13(7-11(9)14)17-8-10-4-2-3-5-16-10/h6-7,10,16-17H,2-5,8H2,1H3. The SMILES string of the molecule is Cc1cc(Cl)c(NCC2CCCCN2)cc1Cl. The monoisotopic (exact) mass is 272 g/mol. The lowest BCUT2D eigenvalue weighted by Crippen LogP contribution is -2.39. The van der Waals surface area contributed by atoms with Gasteiger partial charge in [-0.15, -0.1) is 0 Å². The Balaban J connectivity index is 1.96. The van der Waals surface area contributed by atoms with Gasteiger partial charge >= 0.3 is 0 Å². The maximum atomic E-state index is 6.18. The van der Waals surface area contributed by atoms with Gasteiger partial charge in [-0.1, -0.05) is 29.6 Å². The summed E-state index contributed by atoms with van der Waals surface area (Å²) in [5.74, 6) is 0. The highest BCUT2D eigenvalue weighted by molar-refractivity contribution is 6.35. The third-order valence-corrected chi connectivity index (χ3v) is 3.92. The van der Waals surface area contributed by atoms with Crippen LogP contribution < -0.4 is 10.6 Å². The molecule has 1 aromatic carbocycles. The summed E-state index contributed by atoms with van der Waals surface area (Å²) in [6, 6.07) is 4.35. The molecule has 1 unspecified atom stereocenters. The van der Waals surface area contributed by atoms with E-state index in [0.717, 1.165) is 34.4 Å². The molecule has 94 valence electrons. The molecule has 0 aromatic heterocycles. The molecular weight excluding hydrogens is 255 g/mol. The van der Waals surface area contributed by atoms with Gasteiger partial charge in [-0.2, -0.15) is 0 Å². The van der Waals surface area contributed by atoms with Gasteiger partial charge in [0, 0.05) is 17.6 Å². The molecule has 0 radical (unpaired) electrons. The number of aryl methyl sites for hydroxylation is 1. The molecule has 1 saturated heterocycles. The second kappa shape index (κ2) is 5.94. The predicted molar refractivity (Wildman–Crippen MR) is 75.3 cm³/mol. The molecule has 0 spiro atoms. The zero-order valence-electron chi connectivity index (χ0n) is 10.0. The molecule has 2 nitrogen and oxygen atoms in total. The molecule has 2 rings (SSSR count). The van der Waals surface area contributed by atoms with Crippen molar-refractivity contribution in [1.82, 2.24) is 5.32 Å². The Morgan fingerprint density at radius 1 is 1.29 bits per heavy atom. The van der Waals surface area contributed by atoms with Gasteiger partial charge in [0.15, 0.2) is 0 Å². The summed E-state index contributed by atoms with van der Waals surface area (Å²) in [6.07, 6.45) is 3.82. The molecule has 0 amide bonds. The van der Waals surface area contributed by atoms with Crippen molar-refractivity contribution in [2.24, 2.45) is 0 Å². The molecule has 2 N–H and O–H groups in total. The van der Waals surface area contributed by atoms with E-state index in [1.165, 1.54) is 19.3 Å². The van der Waals surface area contributed by atoms with E-state index in [4.69, 9.17) is 23.2 Å². The van der Waals surface area contributed by atoms with Crippen LogP contribution in [0.5, 0.6) is 0 Å². The highest BCUT2D eigenvalue weighted by atomic mass is 35.5. The molecule has 0 saturated carbocycles. The van der Waals surface area contributed by atoms with Crippen LogP contribution >= 0.6 is 23.2 Å². The molecule has 0 bridgehead atoms. The number of nitrogens with one attached hydrogen (secondary N) is 2. The number of benzene rings is 1. The smallest absolute Gasteiger partial charge is 0.0641 e. The molecule has 1 aliphatic rings. The van der Waals surface area contributed by atoms with Crippen LogP contribution in [-0.2, 0) is 0 Å². The average Bonchev–Trinajstić information content (AvgIpc) is 2.33. The van der Waals surface area contributed by atoms with Crippen LogP contribution in [0.25, 0.3) is 0 Å². The Morgan fingerprint density at radius 3 is 2.82 bits per heavy atom. The van der Waals surface area contributed by atoms with Crippen molar-refractivity contribution in [3.63, 3.8) is 0 Å². The highest BCUT2D eigenvalue weighted by Crippen LogP contribution is 2.28. The summed E-state index contributed by atoms with van der Waals surface area (Å²) in [6.45, 7) is 3.98. The van der Waals surface area contributed by atoms with Crippen LogP contribution in [0.3, 0.4) is 0 Å². The number of halogens is 2. The summed E-state index contributed by atoms with van der Waals surface area (Å²) < 4.78 is 0. The Morgan fingerprint density at radius 2 is 2.12 bits per heavy atom. The summed E-state index contributed by atoms with van der Waals surface area (Å²) in [7, 11) is 0. The first-order valence-electron chi connectivity index (χ1n) is 6.09. The van der Waals surface area contributed by atoms with Gasteiger partial charge in [0.05, 0.1) is 10.7 Å². The average molecular weight is 273 g/mol. The number of hydrogen-bond donors (Lipinski definition) is 2. The predicted octanol–water partition coefficient (Wildman–Crippen LogP) is 3.86. The van der Waals surface area contributed by atoms with E-state index in [2.05, 4.69) is 10.6 Å². The van der Waals surface area contributed by atoms with Crippen LogP contribution in [0.2, 0.25) is 10.0 Å². The van der Waals surface area contributed by atoms with Crippen molar-refractivity contribution in [3.8, 4) is 0 Å². The molecular formula is C13H18Cl2N2. The minimum Gasteiger partial charge on any atom is -0.382 e. The normalized spacial score (nSPS) is 20.3. The lowest BCUT2D eigenvalue weighted by Gasteiger charge is -2.24. The molecule has 0 aliphatic carbocycles. The van der Waals surface area contributed by atoms with Crippen molar-refractivity contribution in [3.05, 3.63) is 27.7 Å². The van der Waals surface area contributed by atoms with Crippen LogP contribution in [0.4, 0.5) is 5.69 Å². The van der Waals surface area contributed by atoms with Gasteiger partial charge in [-0.3, -0.25) is 0 Å². The molecule has 1 atom stereocenters. The second-order valence-electron chi connectivity index (χ2n) is 4.61. The van der Waals surface area contributed by atoms with E-state index >= 15 is 0 Å². The van der Waals surface area contributed by atoms with E-state index in [9.17, 15) is 0 Å². The van der Waals surface area contributed by atoms with Gasteiger partial charge in [0.2, 0.25) is 0 Å². The molecule has 1 heterocycles. The van der Waals surface area contributed by atoms with E-state index in [0.29, 0.717) is 6.04 Å². The second-order valence-corrected chi connectivity index (χ2v) is 5.42. The molecule has 4 heteroatoms. The first kappa shape index (κ1) is 13.0. The van der Waals surface area contributed by atoms with Gasteiger partial charge in [-0.05, 0) is 44.0 Å². The first-order valence-corrected chi connectivity index (χ1v) is 6.85. The number of hydrogen-bond acceptors (Lipinski definition) is 2. The van der Waals surface area contributed by atoms with Crippen LogP contribution in [-0.4, -0.2) is 19.1 Å². The van der Waals surface area contributed by atoms with E-state index in [1.54, 1.807) is 0 Å². The maximum Gasteiger partial charge on any atom is 0.0641 e. The maximum absolute atomic E-state index is 6.18. The van der Waals surface area contributed by atoms with Gasteiger partial charge in [-0.25, -0.2) is 0 Å². The van der Waals surface area contributed by atoms with Crippen molar-refractivity contribution in [1.29, 1.82) is 0 Å². The Bertz CT molecular complexity index is 387. The topological polar surface area (TPSA) is 24.1 Å². The molecule has 1 aromatic rings. The molecule has 1 aliphatic heterocycles. The van der Waals surface area contributed by atoms with Crippen molar-refractivity contribution >= 4 is 28.9 Å². The Kier molecular flexibility index (Phi) is 4.55. The minimum atomic E-state index is 0.542. The number of anilines is 1. The summed E-state index contributed by atoms with van der Waals surface area (Å²) in [5.41, 5.74) is 1.94. The minimum absolute atomic E-state index is 0.542. The van der Waals surface area contributed by atoms with E-state index in [1.807, 2.05) is 19.1 Å². The van der Waals surface area contributed by atoms with Gasteiger partial charge < -0.3 is 10.6 Å². The lowest BCUT2D eigenvalue weighted by molar-refractivity contribution is 0.414. The quantitative estimate of drug-likeness (QED) is 0.874. The van der Waals surface area contributed by atoms with E-state index < -0.39 is 0 Å². The molecule has 1 fully saturated rings. The fraction of sp³-hybridized carbons (Fsp3) is 0.538. The zero-order valence-corrected chi connectivity index (χ0v) is 11.5. The first-order chi connectivity index (χ1) is 8.16. The largest absolute Gasteiger partial charge is 0.382 e. The Labute approximate surface area is 113 Å². The van der Waals surface area contributed by atoms with Crippen molar-refractivity contribution in [2.45, 2.75) is 32.2 Å². The summed E-state index contributed by atoms with van der Waals surface area (Å²) in [4.78, 5) is 0. The van der Waals surface area contributed by atoms with Crippen molar-refractivity contribution < 1.29 is 0 Å². The number of rotatable bonds is 3. The summed E-state index contributed by atoms with van der Waals surface area (Å²) in [5, 5.41) is 8.36. The number of piperidine rings is 1. The fourth-order valence-electron chi connectivity index (χ4n) is 2.11. The third kappa shape index (κ3) is 3.51. The van der Waals surface area contributed by atoms with Gasteiger partial charge in [0.1, 0.15) is 0 Å². The van der Waals surface area contributed by atoms with E-state index in [-0.39, 0.29) is 0 Å². The summed E-state index contributed by atoms with van der Waals surface area (Å²) >= 11 is 12.3. The van der Waals surface area contributed by atoms with Crippen LogP contribution in [0.15, 0.2) is 12.1 Å². The zero-order chi connectivity index (χ0) is 12.3. The fourth-order valence-corrected chi connectivity index (χ4v) is 2.56. The lowest BCUT2D eigenvalue weighted by atomic mass is 10.1. The molecule has 17 heavy (non-hydrogen) atoms. The van der Waals surface area contributed by atoms with Crippen LogP contribution in [0.1, 0.15) is 24.8 Å². The van der Waals surface area contributed by atoms with Gasteiger partial charge in [0.25, 0.3) is 0 Å². The third-order valence-electron chi connectivity index (χ3n) is 3.20.